The minimum absolute atomic E-state index is 0.715. The molecule has 3 nitrogen and oxygen atoms in total. The van der Waals surface area contributed by atoms with Gasteiger partial charge < -0.3 is 9.47 Å². The van der Waals surface area contributed by atoms with Crippen molar-refractivity contribution < 1.29 is 9.47 Å². The molecule has 0 saturated carbocycles. The Balaban J connectivity index is 1.60. The molecule has 0 radical (unpaired) electrons. The Hall–Kier alpha value is -1.87. The smallest absolute Gasteiger partial charge is 0.137 e. The Labute approximate surface area is 190 Å². The van der Waals surface area contributed by atoms with Crippen molar-refractivity contribution in [2.24, 2.45) is 0 Å². The highest BCUT2D eigenvalue weighted by Gasteiger charge is 2.02. The van der Waals surface area contributed by atoms with Gasteiger partial charge in [0.25, 0.3) is 0 Å². The molecule has 0 spiro atoms. The van der Waals surface area contributed by atoms with Crippen LogP contribution >= 0.6 is 0 Å². The van der Waals surface area contributed by atoms with Crippen molar-refractivity contribution in [3.05, 3.63) is 48.2 Å². The van der Waals surface area contributed by atoms with Gasteiger partial charge in [-0.1, -0.05) is 83.1 Å². The summed E-state index contributed by atoms with van der Waals surface area (Å²) in [5.74, 6) is 0.841. The molecule has 0 unspecified atom stereocenters. The fourth-order valence-electron chi connectivity index (χ4n) is 3.64. The maximum Gasteiger partial charge on any atom is 0.137 e. The van der Waals surface area contributed by atoms with Gasteiger partial charge in [0.2, 0.25) is 0 Å². The molecule has 0 saturated heterocycles. The second-order valence-corrected chi connectivity index (χ2v) is 8.47. The van der Waals surface area contributed by atoms with Crippen LogP contribution in [0.5, 0.6) is 5.75 Å². The van der Waals surface area contributed by atoms with E-state index < -0.39 is 0 Å². The van der Waals surface area contributed by atoms with E-state index in [1.165, 1.54) is 69.8 Å². The molecule has 0 aliphatic heterocycles. The van der Waals surface area contributed by atoms with Crippen molar-refractivity contribution in [1.29, 1.82) is 0 Å². The highest BCUT2D eigenvalue weighted by atomic mass is 16.5. The van der Waals surface area contributed by atoms with Crippen molar-refractivity contribution in [1.82, 2.24) is 4.98 Å². The third-order valence-corrected chi connectivity index (χ3v) is 5.65. The van der Waals surface area contributed by atoms with E-state index in [1.807, 2.05) is 12.3 Å². The molecule has 1 heterocycles. The predicted octanol–water partition coefficient (Wildman–Crippen LogP) is 8.02. The van der Waals surface area contributed by atoms with Crippen molar-refractivity contribution >= 4 is 0 Å². The zero-order valence-corrected chi connectivity index (χ0v) is 19.9. The van der Waals surface area contributed by atoms with Crippen molar-refractivity contribution in [2.75, 3.05) is 19.8 Å². The summed E-state index contributed by atoms with van der Waals surface area (Å²) >= 11 is 0. The van der Waals surface area contributed by atoms with Gasteiger partial charge >= 0.3 is 0 Å². The van der Waals surface area contributed by atoms with Gasteiger partial charge in [-0.15, -0.1) is 0 Å². The molecule has 31 heavy (non-hydrogen) atoms. The van der Waals surface area contributed by atoms with E-state index in [0.29, 0.717) is 6.61 Å². The first-order valence-corrected chi connectivity index (χ1v) is 12.6. The van der Waals surface area contributed by atoms with Gasteiger partial charge in [0.05, 0.1) is 18.5 Å². The van der Waals surface area contributed by atoms with E-state index in [9.17, 15) is 0 Å². The van der Waals surface area contributed by atoms with Gasteiger partial charge in [0, 0.05) is 18.8 Å². The zero-order valence-electron chi connectivity index (χ0n) is 19.9. The molecule has 0 amide bonds. The zero-order chi connectivity index (χ0) is 22.0. The van der Waals surface area contributed by atoms with Gasteiger partial charge in [-0.05, 0) is 49.8 Å². The lowest BCUT2D eigenvalue weighted by molar-refractivity contribution is 0.122. The van der Waals surface area contributed by atoms with E-state index in [2.05, 4.69) is 49.2 Å². The molecule has 2 rings (SSSR count). The van der Waals surface area contributed by atoms with Crippen molar-refractivity contribution in [3.8, 4) is 17.0 Å². The summed E-state index contributed by atoms with van der Waals surface area (Å²) in [5.41, 5.74) is 3.58. The molecule has 0 fully saturated rings. The van der Waals surface area contributed by atoms with Crippen LogP contribution in [-0.4, -0.2) is 24.8 Å². The Morgan fingerprint density at radius 2 is 1.29 bits per heavy atom. The minimum Gasteiger partial charge on any atom is -0.492 e. The van der Waals surface area contributed by atoms with Crippen LogP contribution in [0.4, 0.5) is 0 Å². The van der Waals surface area contributed by atoms with E-state index in [-0.39, 0.29) is 0 Å². The minimum atomic E-state index is 0.715. The lowest BCUT2D eigenvalue weighted by Gasteiger charge is -2.08. The summed E-state index contributed by atoms with van der Waals surface area (Å²) in [6.45, 7) is 6.94. The summed E-state index contributed by atoms with van der Waals surface area (Å²) in [6, 6.07) is 12.9. The average Bonchev–Trinajstić information content (AvgIpc) is 2.81. The molecule has 0 N–H and O–H groups in total. The summed E-state index contributed by atoms with van der Waals surface area (Å²) < 4.78 is 11.5. The number of aryl methyl sites for hydroxylation is 1. The Kier molecular flexibility index (Phi) is 13.7. The maximum absolute atomic E-state index is 5.83. The first-order chi connectivity index (χ1) is 15.3. The monoisotopic (exact) mass is 425 g/mol. The maximum atomic E-state index is 5.83. The number of aromatic nitrogens is 1. The first-order valence-electron chi connectivity index (χ1n) is 12.6. The second kappa shape index (κ2) is 16.8. The van der Waals surface area contributed by atoms with Crippen LogP contribution in [0.15, 0.2) is 42.6 Å². The third-order valence-electron chi connectivity index (χ3n) is 5.65. The molecular weight excluding hydrogens is 382 g/mol. The van der Waals surface area contributed by atoms with Gasteiger partial charge in [0.1, 0.15) is 5.75 Å². The quantitative estimate of drug-likeness (QED) is 0.227. The molecule has 1 aromatic carbocycles. The highest BCUT2D eigenvalue weighted by molar-refractivity contribution is 5.59. The van der Waals surface area contributed by atoms with E-state index >= 15 is 0 Å². The molecule has 0 aliphatic rings. The van der Waals surface area contributed by atoms with Crippen LogP contribution in [0, 0.1) is 0 Å². The Morgan fingerprint density at radius 1 is 0.645 bits per heavy atom. The summed E-state index contributed by atoms with van der Waals surface area (Å²) in [6.07, 6.45) is 16.8. The topological polar surface area (TPSA) is 31.4 Å². The van der Waals surface area contributed by atoms with Gasteiger partial charge in [0.15, 0.2) is 0 Å². The number of pyridine rings is 1. The predicted molar refractivity (Wildman–Crippen MR) is 132 cm³/mol. The van der Waals surface area contributed by atoms with Crippen molar-refractivity contribution in [2.45, 2.75) is 90.9 Å². The number of unbranched alkanes of at least 4 members (excludes halogenated alkanes) is 8. The second-order valence-electron chi connectivity index (χ2n) is 8.47. The molecule has 0 aliphatic carbocycles. The van der Waals surface area contributed by atoms with Crippen molar-refractivity contribution in [3.63, 3.8) is 0 Å². The number of benzene rings is 1. The normalized spacial score (nSPS) is 11.0. The summed E-state index contributed by atoms with van der Waals surface area (Å²) in [4.78, 5) is 4.59. The lowest BCUT2D eigenvalue weighted by atomic mass is 10.0. The van der Waals surface area contributed by atoms with Gasteiger partial charge in [-0.3, -0.25) is 4.98 Å². The van der Waals surface area contributed by atoms with Crippen LogP contribution in [0.2, 0.25) is 0 Å². The number of hydrogen-bond donors (Lipinski definition) is 0. The number of ether oxygens (including phenoxy) is 2. The Morgan fingerprint density at radius 3 is 1.97 bits per heavy atom. The van der Waals surface area contributed by atoms with Gasteiger partial charge in [-0.25, -0.2) is 0 Å². The fraction of sp³-hybridized carbons (Fsp3) is 0.607. The molecular formula is C28H43NO2. The summed E-state index contributed by atoms with van der Waals surface area (Å²) in [7, 11) is 0. The Bertz CT molecular complexity index is 666. The van der Waals surface area contributed by atoms with Crippen LogP contribution in [0.25, 0.3) is 11.3 Å². The standard InChI is InChI=1S/C28H43NO2/c1-3-5-7-9-10-14-25-15-17-26(18-16-25)28-20-19-27(24-29-28)31-23-13-12-22-30-21-11-8-6-4-2/h15-20,24H,3-14,21-23H2,1-2H3. The average molecular weight is 426 g/mol. The molecule has 1 aromatic heterocycles. The third kappa shape index (κ3) is 11.4. The van der Waals surface area contributed by atoms with Crippen LogP contribution in [0.3, 0.4) is 0 Å². The largest absolute Gasteiger partial charge is 0.492 e. The number of nitrogens with zero attached hydrogens (tertiary/aromatic N) is 1. The van der Waals surface area contributed by atoms with Gasteiger partial charge in [-0.2, -0.15) is 0 Å². The number of rotatable bonds is 18. The SMILES string of the molecule is CCCCCCCc1ccc(-c2ccc(OCCCCOCCCCCC)cn2)cc1. The van der Waals surface area contributed by atoms with E-state index in [0.717, 1.165) is 43.1 Å². The van der Waals surface area contributed by atoms with Crippen LogP contribution in [0.1, 0.15) is 90.0 Å². The van der Waals surface area contributed by atoms with Crippen LogP contribution in [-0.2, 0) is 11.2 Å². The molecule has 172 valence electrons. The molecule has 3 heteroatoms. The fourth-order valence-corrected chi connectivity index (χ4v) is 3.64. The summed E-state index contributed by atoms with van der Waals surface area (Å²) in [5, 5.41) is 0. The molecule has 0 atom stereocenters. The molecule has 2 aromatic rings. The van der Waals surface area contributed by atoms with Crippen LogP contribution < -0.4 is 4.74 Å². The number of hydrogen-bond acceptors (Lipinski definition) is 3. The highest BCUT2D eigenvalue weighted by Crippen LogP contribution is 2.21. The van der Waals surface area contributed by atoms with E-state index in [4.69, 9.17) is 9.47 Å². The first kappa shape index (κ1) is 25.4. The van der Waals surface area contributed by atoms with E-state index in [1.54, 1.807) is 0 Å². The lowest BCUT2D eigenvalue weighted by Crippen LogP contribution is -2.02. The molecule has 0 bridgehead atoms.